The van der Waals surface area contributed by atoms with Gasteiger partial charge in [0, 0.05) is 0 Å². The van der Waals surface area contributed by atoms with Crippen molar-refractivity contribution in [1.29, 1.82) is 5.26 Å². The summed E-state index contributed by atoms with van der Waals surface area (Å²) in [7, 11) is 0. The van der Waals surface area contributed by atoms with Crippen molar-refractivity contribution in [2.24, 2.45) is 0 Å². The lowest BCUT2D eigenvalue weighted by Crippen LogP contribution is -2.09. The minimum atomic E-state index is -4.94. The minimum absolute atomic E-state index is 0.177. The van der Waals surface area contributed by atoms with Crippen molar-refractivity contribution in [2.75, 3.05) is 0 Å². The number of nitriles is 1. The Hall–Kier alpha value is -1.70. The summed E-state index contributed by atoms with van der Waals surface area (Å²) in [6.45, 7) is -4.94. The zero-order valence-corrected chi connectivity index (χ0v) is 7.12. The van der Waals surface area contributed by atoms with Gasteiger partial charge in [0.2, 0.25) is 0 Å². The van der Waals surface area contributed by atoms with Crippen LogP contribution in [0.1, 0.15) is 11.1 Å². The predicted octanol–water partition coefficient (Wildman–Crippen LogP) is 2.96. The van der Waals surface area contributed by atoms with Crippen LogP contribution in [0.2, 0.25) is 0 Å². The fraction of sp³-hybridized carbons (Fsp3) is 0. The topological polar surface area (TPSA) is 23.8 Å². The van der Waals surface area contributed by atoms with E-state index >= 15 is 0 Å². The van der Waals surface area contributed by atoms with Crippen LogP contribution in [0.4, 0.5) is 12.9 Å². The Morgan fingerprint density at radius 3 is 2.43 bits per heavy atom. The monoisotopic (exact) mass is 196 g/mol. The molecular weight excluding hydrogens is 190 g/mol. The summed E-state index contributed by atoms with van der Waals surface area (Å²) >= 11 is 0. The van der Waals surface area contributed by atoms with E-state index in [1.807, 2.05) is 6.07 Å². The Labute approximate surface area is 79.5 Å². The second kappa shape index (κ2) is 4.01. The van der Waals surface area contributed by atoms with Gasteiger partial charge in [-0.05, 0) is 11.6 Å². The zero-order chi connectivity index (χ0) is 10.6. The lowest BCUT2D eigenvalue weighted by molar-refractivity contribution is 0.499. The summed E-state index contributed by atoms with van der Waals surface area (Å²) in [5.74, 6) is 0.177. The van der Waals surface area contributed by atoms with E-state index in [0.29, 0.717) is 0 Å². The number of benzene rings is 1. The molecule has 0 fully saturated rings. The van der Waals surface area contributed by atoms with Crippen molar-refractivity contribution in [2.45, 2.75) is 0 Å². The van der Waals surface area contributed by atoms with Gasteiger partial charge in [-0.25, -0.2) is 0 Å². The van der Waals surface area contributed by atoms with Crippen LogP contribution in [-0.2, 0) is 0 Å². The minimum Gasteiger partial charge on any atom is -0.445 e. The third kappa shape index (κ3) is 2.98. The Morgan fingerprint density at radius 1 is 1.21 bits per heavy atom. The molecule has 0 unspecified atom stereocenters. The molecule has 0 aliphatic carbocycles. The zero-order valence-electron chi connectivity index (χ0n) is 7.12. The van der Waals surface area contributed by atoms with Crippen LogP contribution < -0.4 is 0 Å². The van der Waals surface area contributed by atoms with E-state index in [1.54, 1.807) is 12.1 Å². The molecule has 0 bridgehead atoms. The summed E-state index contributed by atoms with van der Waals surface area (Å²) < 4.78 is 35.6. The Balaban J connectivity index is 2.99. The molecule has 14 heavy (non-hydrogen) atoms. The van der Waals surface area contributed by atoms with E-state index in [0.717, 1.165) is 6.08 Å². The molecule has 5 heteroatoms. The SMILES string of the molecule is N#Cc1ccccc1/C=C/[B-](F)(F)F. The molecule has 72 valence electrons. The molecule has 1 nitrogen and oxygen atoms in total. The van der Waals surface area contributed by atoms with Gasteiger partial charge >= 0.3 is 6.98 Å². The molecule has 0 spiro atoms. The molecule has 0 amide bonds. The maximum absolute atomic E-state index is 11.9. The smallest absolute Gasteiger partial charge is 0.445 e. The average Bonchev–Trinajstić information content (AvgIpc) is 2.14. The second-order valence-corrected chi connectivity index (χ2v) is 2.68. The lowest BCUT2D eigenvalue weighted by atomic mass is 9.90. The molecule has 0 heterocycles. The molecule has 0 aliphatic rings. The van der Waals surface area contributed by atoms with Gasteiger partial charge in [0.05, 0.1) is 11.6 Å². The van der Waals surface area contributed by atoms with Crippen LogP contribution in [0, 0.1) is 11.3 Å². The van der Waals surface area contributed by atoms with E-state index in [4.69, 9.17) is 5.26 Å². The van der Waals surface area contributed by atoms with Crippen LogP contribution in [0.3, 0.4) is 0 Å². The van der Waals surface area contributed by atoms with Crippen molar-refractivity contribution in [3.05, 3.63) is 41.4 Å². The Morgan fingerprint density at radius 2 is 1.86 bits per heavy atom. The predicted molar refractivity (Wildman–Crippen MR) is 49.3 cm³/mol. The third-order valence-corrected chi connectivity index (χ3v) is 1.58. The molecule has 0 saturated carbocycles. The van der Waals surface area contributed by atoms with Gasteiger partial charge in [-0.2, -0.15) is 5.26 Å². The van der Waals surface area contributed by atoms with Crippen LogP contribution in [0.25, 0.3) is 6.08 Å². The molecular formula is C9H6BF3N-. The normalized spacial score (nSPS) is 11.6. The quantitative estimate of drug-likeness (QED) is 0.667. The van der Waals surface area contributed by atoms with Gasteiger partial charge in [0.1, 0.15) is 0 Å². The van der Waals surface area contributed by atoms with Crippen molar-refractivity contribution < 1.29 is 12.9 Å². The van der Waals surface area contributed by atoms with Crippen molar-refractivity contribution in [1.82, 2.24) is 0 Å². The number of hydrogen-bond donors (Lipinski definition) is 0. The first-order valence-electron chi connectivity index (χ1n) is 3.91. The molecule has 1 aromatic rings. The highest BCUT2D eigenvalue weighted by Gasteiger charge is 2.17. The van der Waals surface area contributed by atoms with E-state index < -0.39 is 6.98 Å². The highest BCUT2D eigenvalue weighted by atomic mass is 19.4. The standard InChI is InChI=1S/C9H6BF3N/c11-10(12,13)6-5-8-3-1-2-4-9(8)7-14/h1-6H/q-1/b6-5+. The van der Waals surface area contributed by atoms with Gasteiger partial charge in [0.25, 0.3) is 0 Å². The molecule has 0 aliphatic heterocycles. The van der Waals surface area contributed by atoms with Crippen LogP contribution in [-0.4, -0.2) is 6.98 Å². The van der Waals surface area contributed by atoms with E-state index in [1.165, 1.54) is 12.1 Å². The highest BCUT2D eigenvalue weighted by molar-refractivity contribution is 6.64. The van der Waals surface area contributed by atoms with Crippen LogP contribution in [0.15, 0.2) is 30.2 Å². The van der Waals surface area contributed by atoms with Crippen LogP contribution in [0.5, 0.6) is 0 Å². The Bertz CT molecular complexity index is 390. The summed E-state index contributed by atoms with van der Waals surface area (Å²) in [6.07, 6.45) is 0.915. The van der Waals surface area contributed by atoms with Crippen LogP contribution >= 0.6 is 0 Å². The molecule has 1 aromatic carbocycles. The summed E-state index contributed by atoms with van der Waals surface area (Å²) in [5, 5.41) is 8.59. The fourth-order valence-electron chi connectivity index (χ4n) is 0.957. The van der Waals surface area contributed by atoms with Gasteiger partial charge in [0.15, 0.2) is 0 Å². The summed E-state index contributed by atoms with van der Waals surface area (Å²) in [6, 6.07) is 7.96. The number of hydrogen-bond acceptors (Lipinski definition) is 1. The number of rotatable bonds is 2. The molecule has 0 N–H and O–H groups in total. The van der Waals surface area contributed by atoms with E-state index in [-0.39, 0.29) is 17.1 Å². The van der Waals surface area contributed by atoms with E-state index in [9.17, 15) is 12.9 Å². The van der Waals surface area contributed by atoms with Crippen molar-refractivity contribution >= 4 is 13.1 Å². The lowest BCUT2D eigenvalue weighted by Gasteiger charge is -2.06. The van der Waals surface area contributed by atoms with Gasteiger partial charge in [-0.3, -0.25) is 0 Å². The highest BCUT2D eigenvalue weighted by Crippen LogP contribution is 2.15. The number of nitrogens with zero attached hydrogens (tertiary/aromatic N) is 1. The molecule has 0 atom stereocenters. The maximum Gasteiger partial charge on any atom is 0.502 e. The molecule has 0 aromatic heterocycles. The van der Waals surface area contributed by atoms with Gasteiger partial charge < -0.3 is 12.9 Å². The van der Waals surface area contributed by atoms with Gasteiger partial charge in [-0.1, -0.05) is 24.3 Å². The van der Waals surface area contributed by atoms with Gasteiger partial charge in [-0.15, -0.1) is 5.98 Å². The maximum atomic E-state index is 11.9. The van der Waals surface area contributed by atoms with Crippen molar-refractivity contribution in [3.8, 4) is 6.07 Å². The third-order valence-electron chi connectivity index (χ3n) is 1.58. The second-order valence-electron chi connectivity index (χ2n) is 2.68. The summed E-state index contributed by atoms with van der Waals surface area (Å²) in [4.78, 5) is 0. The average molecular weight is 196 g/mol. The molecule has 1 rings (SSSR count). The first kappa shape index (κ1) is 10.4. The fourth-order valence-corrected chi connectivity index (χ4v) is 0.957. The largest absolute Gasteiger partial charge is 0.502 e. The first-order chi connectivity index (χ1) is 6.53. The first-order valence-corrected chi connectivity index (χ1v) is 3.91. The molecule has 0 radical (unpaired) electrons. The Kier molecular flexibility index (Phi) is 2.97. The summed E-state index contributed by atoms with van der Waals surface area (Å²) in [5.41, 5.74) is 0.526. The molecule has 0 saturated heterocycles. The van der Waals surface area contributed by atoms with E-state index in [2.05, 4.69) is 0 Å². The van der Waals surface area contributed by atoms with Crippen molar-refractivity contribution in [3.63, 3.8) is 0 Å². The number of halogens is 3.